The molecule has 5 nitrogen and oxygen atoms in total. The van der Waals surface area contributed by atoms with Crippen LogP contribution >= 0.6 is 11.8 Å². The maximum Gasteiger partial charge on any atom is 0.214 e. The molecule has 20 heavy (non-hydrogen) atoms. The van der Waals surface area contributed by atoms with Crippen LogP contribution in [0.2, 0.25) is 0 Å². The molecule has 0 saturated heterocycles. The number of sulfonamides is 1. The Morgan fingerprint density at radius 3 is 2.75 bits per heavy atom. The SMILES string of the molecule is CSCCCCNS(=O)(=O)CCOc1ccccc1N. The summed E-state index contributed by atoms with van der Waals surface area (Å²) in [6.45, 7) is 0.574. The summed E-state index contributed by atoms with van der Waals surface area (Å²) in [5.41, 5.74) is 6.21. The number of ether oxygens (including phenoxy) is 1. The van der Waals surface area contributed by atoms with Crippen molar-refractivity contribution in [3.8, 4) is 5.75 Å². The van der Waals surface area contributed by atoms with E-state index < -0.39 is 10.0 Å². The Hall–Kier alpha value is -0.920. The van der Waals surface area contributed by atoms with E-state index in [-0.39, 0.29) is 12.4 Å². The minimum atomic E-state index is -3.27. The van der Waals surface area contributed by atoms with Crippen LogP contribution in [0.5, 0.6) is 5.75 Å². The summed E-state index contributed by atoms with van der Waals surface area (Å²) in [5.74, 6) is 1.50. The van der Waals surface area contributed by atoms with Crippen LogP contribution in [-0.2, 0) is 10.0 Å². The van der Waals surface area contributed by atoms with E-state index in [0.717, 1.165) is 18.6 Å². The highest BCUT2D eigenvalue weighted by Gasteiger charge is 2.10. The third kappa shape index (κ3) is 7.02. The molecule has 0 bridgehead atoms. The number of para-hydroxylation sites is 2. The zero-order valence-electron chi connectivity index (χ0n) is 11.7. The van der Waals surface area contributed by atoms with E-state index >= 15 is 0 Å². The molecule has 0 spiro atoms. The van der Waals surface area contributed by atoms with Gasteiger partial charge in [-0.3, -0.25) is 0 Å². The molecule has 0 aromatic heterocycles. The first-order chi connectivity index (χ1) is 9.55. The Morgan fingerprint density at radius 2 is 2.05 bits per heavy atom. The van der Waals surface area contributed by atoms with E-state index in [0.29, 0.717) is 18.0 Å². The van der Waals surface area contributed by atoms with Gasteiger partial charge in [-0.2, -0.15) is 11.8 Å². The molecule has 1 aromatic carbocycles. The number of rotatable bonds is 10. The van der Waals surface area contributed by atoms with Crippen LogP contribution in [-0.4, -0.2) is 39.3 Å². The lowest BCUT2D eigenvalue weighted by Crippen LogP contribution is -2.30. The fourth-order valence-corrected chi connectivity index (χ4v) is 2.94. The maximum absolute atomic E-state index is 11.7. The van der Waals surface area contributed by atoms with Gasteiger partial charge in [-0.15, -0.1) is 0 Å². The first-order valence-electron chi connectivity index (χ1n) is 6.49. The van der Waals surface area contributed by atoms with Crippen molar-refractivity contribution in [3.05, 3.63) is 24.3 Å². The van der Waals surface area contributed by atoms with E-state index in [9.17, 15) is 8.42 Å². The van der Waals surface area contributed by atoms with Crippen molar-refractivity contribution < 1.29 is 13.2 Å². The number of nitrogen functional groups attached to an aromatic ring is 1. The monoisotopic (exact) mass is 318 g/mol. The van der Waals surface area contributed by atoms with E-state index in [1.807, 2.05) is 6.26 Å². The molecule has 0 amide bonds. The highest BCUT2D eigenvalue weighted by atomic mass is 32.2. The molecule has 0 aliphatic rings. The summed E-state index contributed by atoms with van der Waals surface area (Å²) >= 11 is 1.76. The molecule has 1 rings (SSSR count). The number of unbranched alkanes of at least 4 members (excludes halogenated alkanes) is 1. The van der Waals surface area contributed by atoms with Crippen molar-refractivity contribution in [1.29, 1.82) is 0 Å². The molecule has 0 aliphatic heterocycles. The topological polar surface area (TPSA) is 81.4 Å². The van der Waals surface area contributed by atoms with Crippen LogP contribution in [0.3, 0.4) is 0 Å². The zero-order chi connectivity index (χ0) is 14.8. The number of thioether (sulfide) groups is 1. The highest BCUT2D eigenvalue weighted by molar-refractivity contribution is 7.98. The van der Waals surface area contributed by atoms with Gasteiger partial charge in [0.1, 0.15) is 12.4 Å². The summed E-state index contributed by atoms with van der Waals surface area (Å²) in [4.78, 5) is 0. The molecule has 0 fully saturated rings. The largest absolute Gasteiger partial charge is 0.490 e. The number of hydrogen-bond donors (Lipinski definition) is 2. The Bertz CT molecular complexity index is 492. The van der Waals surface area contributed by atoms with Gasteiger partial charge in [0.15, 0.2) is 0 Å². The lowest BCUT2D eigenvalue weighted by Gasteiger charge is -2.09. The van der Waals surface area contributed by atoms with Gasteiger partial charge in [-0.25, -0.2) is 13.1 Å². The van der Waals surface area contributed by atoms with Crippen molar-refractivity contribution in [2.24, 2.45) is 0 Å². The maximum atomic E-state index is 11.7. The predicted octanol–water partition coefficient (Wildman–Crippen LogP) is 1.71. The van der Waals surface area contributed by atoms with Crippen molar-refractivity contribution in [3.63, 3.8) is 0 Å². The predicted molar refractivity (Wildman–Crippen MR) is 85.8 cm³/mol. The van der Waals surface area contributed by atoms with Crippen molar-refractivity contribution in [2.75, 3.05) is 36.6 Å². The fraction of sp³-hybridized carbons (Fsp3) is 0.538. The molecular formula is C13H22N2O3S2. The molecule has 0 aliphatic carbocycles. The van der Waals surface area contributed by atoms with Gasteiger partial charge in [-0.1, -0.05) is 12.1 Å². The Morgan fingerprint density at radius 1 is 1.30 bits per heavy atom. The first-order valence-corrected chi connectivity index (χ1v) is 9.53. The summed E-state index contributed by atoms with van der Waals surface area (Å²) in [6, 6.07) is 7.03. The summed E-state index contributed by atoms with van der Waals surface area (Å²) in [6.07, 6.45) is 3.91. The molecular weight excluding hydrogens is 296 g/mol. The lowest BCUT2D eigenvalue weighted by molar-refractivity contribution is 0.342. The molecule has 7 heteroatoms. The van der Waals surface area contributed by atoms with Gasteiger partial charge in [0.2, 0.25) is 10.0 Å². The van der Waals surface area contributed by atoms with Crippen LogP contribution in [0.1, 0.15) is 12.8 Å². The highest BCUT2D eigenvalue weighted by Crippen LogP contribution is 2.19. The Kier molecular flexibility index (Phi) is 7.79. The molecule has 0 heterocycles. The molecule has 1 aromatic rings. The number of anilines is 1. The van der Waals surface area contributed by atoms with E-state index in [1.165, 1.54) is 0 Å². The molecule has 0 saturated carbocycles. The van der Waals surface area contributed by atoms with E-state index in [4.69, 9.17) is 10.5 Å². The first kappa shape index (κ1) is 17.1. The van der Waals surface area contributed by atoms with Gasteiger partial charge in [-0.05, 0) is 37.0 Å². The van der Waals surface area contributed by atoms with Crippen molar-refractivity contribution >= 4 is 27.5 Å². The average molecular weight is 318 g/mol. The summed E-state index contributed by atoms with van der Waals surface area (Å²) < 4.78 is 31.4. The third-order valence-corrected chi connectivity index (χ3v) is 4.67. The lowest BCUT2D eigenvalue weighted by atomic mass is 10.3. The standard InChI is InChI=1S/C13H22N2O3S2/c1-19-10-5-4-8-15-20(16,17)11-9-18-13-7-3-2-6-12(13)14/h2-3,6-7,15H,4-5,8-11,14H2,1H3. The van der Waals surface area contributed by atoms with Crippen molar-refractivity contribution in [2.45, 2.75) is 12.8 Å². The minimum absolute atomic E-state index is 0.0656. The Labute approximate surface area is 125 Å². The second-order valence-corrected chi connectivity index (χ2v) is 7.21. The van der Waals surface area contributed by atoms with E-state index in [1.54, 1.807) is 36.0 Å². The average Bonchev–Trinajstić information content (AvgIpc) is 2.40. The Balaban J connectivity index is 2.24. The van der Waals surface area contributed by atoms with Crippen LogP contribution in [0, 0.1) is 0 Å². The zero-order valence-corrected chi connectivity index (χ0v) is 13.3. The number of hydrogen-bond acceptors (Lipinski definition) is 5. The van der Waals surface area contributed by atoms with Gasteiger partial charge >= 0.3 is 0 Å². The molecule has 3 N–H and O–H groups in total. The second-order valence-electron chi connectivity index (χ2n) is 4.30. The normalized spacial score (nSPS) is 11.4. The molecule has 114 valence electrons. The minimum Gasteiger partial charge on any atom is -0.490 e. The van der Waals surface area contributed by atoms with Crippen molar-refractivity contribution in [1.82, 2.24) is 4.72 Å². The molecule has 0 unspecified atom stereocenters. The smallest absolute Gasteiger partial charge is 0.214 e. The number of benzene rings is 1. The quantitative estimate of drug-likeness (QED) is 0.507. The van der Waals surface area contributed by atoms with Gasteiger partial charge in [0, 0.05) is 6.54 Å². The third-order valence-electron chi connectivity index (χ3n) is 2.63. The van der Waals surface area contributed by atoms with Crippen LogP contribution in [0.15, 0.2) is 24.3 Å². The molecule has 0 radical (unpaired) electrons. The number of nitrogens with two attached hydrogens (primary N) is 1. The van der Waals surface area contributed by atoms with E-state index in [2.05, 4.69) is 4.72 Å². The number of nitrogens with one attached hydrogen (secondary N) is 1. The summed E-state index contributed by atoms with van der Waals surface area (Å²) in [7, 11) is -3.27. The van der Waals surface area contributed by atoms with Crippen LogP contribution < -0.4 is 15.2 Å². The van der Waals surface area contributed by atoms with Gasteiger partial charge in [0.05, 0.1) is 11.4 Å². The van der Waals surface area contributed by atoms with Crippen LogP contribution in [0.4, 0.5) is 5.69 Å². The summed E-state index contributed by atoms with van der Waals surface area (Å²) in [5, 5.41) is 0. The van der Waals surface area contributed by atoms with Crippen LogP contribution in [0.25, 0.3) is 0 Å². The van der Waals surface area contributed by atoms with Gasteiger partial charge in [0.25, 0.3) is 0 Å². The fourth-order valence-electron chi connectivity index (χ4n) is 1.54. The van der Waals surface area contributed by atoms with Gasteiger partial charge < -0.3 is 10.5 Å². The molecule has 0 atom stereocenters. The second kappa shape index (κ2) is 9.10.